The molecule has 0 unspecified atom stereocenters. The van der Waals surface area contributed by atoms with Gasteiger partial charge in [-0.25, -0.2) is 14.8 Å². The van der Waals surface area contributed by atoms with Crippen molar-refractivity contribution >= 4 is 29.3 Å². The second-order valence-corrected chi connectivity index (χ2v) is 6.83. The summed E-state index contributed by atoms with van der Waals surface area (Å²) in [6, 6.07) is 2.86. The van der Waals surface area contributed by atoms with Crippen LogP contribution in [0.3, 0.4) is 0 Å². The number of nitrogens with zero attached hydrogens (tertiary/aromatic N) is 3. The highest BCUT2D eigenvalue weighted by Gasteiger charge is 2.33. The van der Waals surface area contributed by atoms with Crippen molar-refractivity contribution in [3.05, 3.63) is 40.6 Å². The standard InChI is InChI=1S/C18H22ClN5O4/c1-3-11-14(19)23-15(21-11)17(25)22-12-6-8-24(9-13(12)28-2)16-10(18(26)27)5-4-7-20-16/h4-5,7,12-13H,3,6,8-9H2,1-2H3,(H,21,23)(H,22,25)(H,26,27)/t12-,13+/m0/s1. The number of imidazole rings is 1. The lowest BCUT2D eigenvalue weighted by atomic mass is 10.0. The minimum Gasteiger partial charge on any atom is -0.478 e. The summed E-state index contributed by atoms with van der Waals surface area (Å²) in [6.07, 6.45) is 2.43. The van der Waals surface area contributed by atoms with Crippen LogP contribution in [0.2, 0.25) is 5.15 Å². The normalized spacial score (nSPS) is 19.5. The van der Waals surface area contributed by atoms with Crippen LogP contribution in [0.4, 0.5) is 5.82 Å². The van der Waals surface area contributed by atoms with Gasteiger partial charge in [0, 0.05) is 26.4 Å². The summed E-state index contributed by atoms with van der Waals surface area (Å²) < 4.78 is 5.55. The number of aromatic carboxylic acids is 1. The SMILES string of the molecule is CCc1[nH]c(C(=O)N[C@H]2CCN(c3ncccc3C(=O)O)C[C@H]2OC)nc1Cl. The highest BCUT2D eigenvalue weighted by Crippen LogP contribution is 2.23. The summed E-state index contributed by atoms with van der Waals surface area (Å²) in [7, 11) is 1.56. The third-order valence-corrected chi connectivity index (χ3v) is 5.10. The third-order valence-electron chi connectivity index (χ3n) is 4.79. The van der Waals surface area contributed by atoms with Crippen LogP contribution in [0, 0.1) is 0 Å². The molecule has 3 heterocycles. The number of anilines is 1. The van der Waals surface area contributed by atoms with E-state index in [-0.39, 0.29) is 29.4 Å². The number of carboxylic acid groups (broad SMARTS) is 1. The zero-order valence-electron chi connectivity index (χ0n) is 15.6. The zero-order valence-corrected chi connectivity index (χ0v) is 16.4. The number of aromatic nitrogens is 3. The molecule has 1 amide bonds. The lowest BCUT2D eigenvalue weighted by molar-refractivity contribution is 0.0535. The van der Waals surface area contributed by atoms with E-state index in [1.54, 1.807) is 19.4 Å². The van der Waals surface area contributed by atoms with Crippen molar-refractivity contribution in [2.45, 2.75) is 31.9 Å². The molecule has 0 saturated carbocycles. The number of carbonyl (C=O) groups excluding carboxylic acids is 1. The summed E-state index contributed by atoms with van der Waals surface area (Å²) in [5.41, 5.74) is 0.846. The Morgan fingerprint density at radius 2 is 2.29 bits per heavy atom. The number of methoxy groups -OCH3 is 1. The number of halogens is 1. The van der Waals surface area contributed by atoms with Gasteiger partial charge >= 0.3 is 5.97 Å². The van der Waals surface area contributed by atoms with Gasteiger partial charge in [0.15, 0.2) is 11.0 Å². The summed E-state index contributed by atoms with van der Waals surface area (Å²) in [5.74, 6) is -0.829. The minimum absolute atomic E-state index is 0.136. The third kappa shape index (κ3) is 4.10. The van der Waals surface area contributed by atoms with Gasteiger partial charge in [-0.2, -0.15) is 0 Å². The highest BCUT2D eigenvalue weighted by atomic mass is 35.5. The topological polar surface area (TPSA) is 120 Å². The number of pyridine rings is 1. The van der Waals surface area contributed by atoms with Crippen LogP contribution in [0.5, 0.6) is 0 Å². The molecule has 0 bridgehead atoms. The number of rotatable bonds is 6. The van der Waals surface area contributed by atoms with E-state index < -0.39 is 5.97 Å². The summed E-state index contributed by atoms with van der Waals surface area (Å²) in [4.78, 5) is 37.1. The number of ether oxygens (including phenoxy) is 1. The van der Waals surface area contributed by atoms with Gasteiger partial charge in [-0.15, -0.1) is 0 Å². The summed E-state index contributed by atoms with van der Waals surface area (Å²) in [5, 5.41) is 12.6. The zero-order chi connectivity index (χ0) is 20.3. The van der Waals surface area contributed by atoms with Crippen molar-refractivity contribution in [1.29, 1.82) is 0 Å². The van der Waals surface area contributed by atoms with Crippen LogP contribution < -0.4 is 10.2 Å². The molecule has 2 atom stereocenters. The number of H-pyrrole nitrogens is 1. The van der Waals surface area contributed by atoms with Gasteiger partial charge in [0.25, 0.3) is 5.91 Å². The number of hydrogen-bond acceptors (Lipinski definition) is 6. The molecule has 1 saturated heterocycles. The lowest BCUT2D eigenvalue weighted by Gasteiger charge is -2.38. The maximum Gasteiger partial charge on any atom is 0.339 e. The van der Waals surface area contributed by atoms with Gasteiger partial charge in [-0.05, 0) is 25.0 Å². The maximum absolute atomic E-state index is 12.5. The van der Waals surface area contributed by atoms with Crippen LogP contribution in [0.25, 0.3) is 0 Å². The molecule has 3 rings (SSSR count). The van der Waals surface area contributed by atoms with E-state index in [4.69, 9.17) is 16.3 Å². The van der Waals surface area contributed by atoms with E-state index in [0.29, 0.717) is 42.6 Å². The maximum atomic E-state index is 12.5. The average molecular weight is 408 g/mol. The number of carbonyl (C=O) groups is 2. The number of nitrogens with one attached hydrogen (secondary N) is 2. The summed E-state index contributed by atoms with van der Waals surface area (Å²) in [6.45, 7) is 2.85. The average Bonchev–Trinajstić information content (AvgIpc) is 3.09. The van der Waals surface area contributed by atoms with Crippen molar-refractivity contribution in [3.8, 4) is 0 Å². The smallest absolute Gasteiger partial charge is 0.339 e. The predicted molar refractivity (Wildman–Crippen MR) is 103 cm³/mol. The number of amides is 1. The van der Waals surface area contributed by atoms with Crippen LogP contribution in [-0.2, 0) is 11.2 Å². The molecule has 0 aromatic carbocycles. The molecule has 150 valence electrons. The second kappa shape index (κ2) is 8.57. The monoisotopic (exact) mass is 407 g/mol. The molecule has 0 aliphatic carbocycles. The van der Waals surface area contributed by atoms with Gasteiger partial charge in [0.1, 0.15) is 11.4 Å². The fourth-order valence-corrected chi connectivity index (χ4v) is 3.56. The fourth-order valence-electron chi connectivity index (χ4n) is 3.30. The van der Waals surface area contributed by atoms with E-state index in [9.17, 15) is 14.7 Å². The first-order chi connectivity index (χ1) is 13.4. The van der Waals surface area contributed by atoms with Crippen molar-refractivity contribution in [2.24, 2.45) is 0 Å². The number of aryl methyl sites for hydroxylation is 1. The molecule has 1 fully saturated rings. The molecule has 2 aromatic heterocycles. The summed E-state index contributed by atoms with van der Waals surface area (Å²) >= 11 is 6.01. The minimum atomic E-state index is -1.03. The predicted octanol–water partition coefficient (Wildman–Crippen LogP) is 1.74. The Balaban J connectivity index is 1.71. The van der Waals surface area contributed by atoms with Gasteiger partial charge in [-0.1, -0.05) is 18.5 Å². The molecule has 0 radical (unpaired) electrons. The van der Waals surface area contributed by atoms with Crippen molar-refractivity contribution in [3.63, 3.8) is 0 Å². The van der Waals surface area contributed by atoms with E-state index >= 15 is 0 Å². The van der Waals surface area contributed by atoms with E-state index in [2.05, 4.69) is 20.3 Å². The first-order valence-corrected chi connectivity index (χ1v) is 9.33. The highest BCUT2D eigenvalue weighted by molar-refractivity contribution is 6.30. The van der Waals surface area contributed by atoms with Crippen molar-refractivity contribution in [1.82, 2.24) is 20.3 Å². The molecule has 3 N–H and O–H groups in total. The first kappa shape index (κ1) is 20.1. The van der Waals surface area contributed by atoms with Gasteiger partial charge < -0.3 is 25.0 Å². The fraction of sp³-hybridized carbons (Fsp3) is 0.444. The van der Waals surface area contributed by atoms with Crippen LogP contribution >= 0.6 is 11.6 Å². The van der Waals surface area contributed by atoms with E-state index in [1.165, 1.54) is 6.07 Å². The molecular formula is C18H22ClN5O4. The molecular weight excluding hydrogens is 386 g/mol. The largest absolute Gasteiger partial charge is 0.478 e. The Kier molecular flexibility index (Phi) is 6.15. The molecule has 1 aliphatic heterocycles. The Morgan fingerprint density at radius 3 is 2.93 bits per heavy atom. The Labute approximate surface area is 167 Å². The van der Waals surface area contributed by atoms with Gasteiger partial charge in [-0.3, -0.25) is 4.79 Å². The number of aromatic amines is 1. The Bertz CT molecular complexity index is 871. The quantitative estimate of drug-likeness (QED) is 0.666. The molecule has 28 heavy (non-hydrogen) atoms. The van der Waals surface area contributed by atoms with Crippen molar-refractivity contribution in [2.75, 3.05) is 25.1 Å². The Morgan fingerprint density at radius 1 is 1.50 bits per heavy atom. The number of carboxylic acids is 1. The van der Waals surface area contributed by atoms with Crippen LogP contribution in [0.1, 0.15) is 40.0 Å². The van der Waals surface area contributed by atoms with Gasteiger partial charge in [0.05, 0.1) is 17.8 Å². The number of hydrogen-bond donors (Lipinski definition) is 3. The molecule has 0 spiro atoms. The first-order valence-electron chi connectivity index (χ1n) is 8.95. The molecule has 1 aliphatic rings. The van der Waals surface area contributed by atoms with Gasteiger partial charge in [0.2, 0.25) is 0 Å². The number of piperidine rings is 1. The lowest BCUT2D eigenvalue weighted by Crippen LogP contribution is -2.55. The van der Waals surface area contributed by atoms with Crippen LogP contribution in [-0.4, -0.2) is 64.3 Å². The van der Waals surface area contributed by atoms with Crippen molar-refractivity contribution < 1.29 is 19.4 Å². The van der Waals surface area contributed by atoms with E-state index in [1.807, 2.05) is 11.8 Å². The second-order valence-electron chi connectivity index (χ2n) is 6.48. The molecule has 10 heteroatoms. The Hall–Kier alpha value is -2.65. The van der Waals surface area contributed by atoms with Crippen LogP contribution in [0.15, 0.2) is 18.3 Å². The molecule has 9 nitrogen and oxygen atoms in total. The van der Waals surface area contributed by atoms with E-state index in [0.717, 1.165) is 0 Å². The molecule has 2 aromatic rings.